The van der Waals surface area contributed by atoms with Gasteiger partial charge >= 0.3 is 0 Å². The fourth-order valence-corrected chi connectivity index (χ4v) is 3.07. The molecule has 0 N–H and O–H groups in total. The molecule has 0 aliphatic heterocycles. The lowest BCUT2D eigenvalue weighted by atomic mass is 9.97. The Bertz CT molecular complexity index is 1070. The number of tetrazole rings is 1. The van der Waals surface area contributed by atoms with Crippen LogP contribution in [0.25, 0.3) is 22.5 Å². The molecule has 0 unspecified atom stereocenters. The molecule has 0 fully saturated rings. The Morgan fingerprint density at radius 1 is 0.852 bits per heavy atom. The number of rotatable bonds is 5. The highest BCUT2D eigenvalue weighted by Crippen LogP contribution is 2.31. The fourth-order valence-electron chi connectivity index (χ4n) is 3.07. The predicted molar refractivity (Wildman–Crippen MR) is 104 cm³/mol. The van der Waals surface area contributed by atoms with Crippen LogP contribution in [-0.4, -0.2) is 26.0 Å². The van der Waals surface area contributed by atoms with Gasteiger partial charge in [-0.25, -0.2) is 4.68 Å². The minimum Gasteiger partial charge on any atom is -0.295 e. The summed E-state index contributed by atoms with van der Waals surface area (Å²) in [7, 11) is 0. The molecule has 0 spiro atoms. The number of aromatic nitrogens is 4. The van der Waals surface area contributed by atoms with E-state index in [-0.39, 0.29) is 5.78 Å². The Hall–Kier alpha value is -3.60. The van der Waals surface area contributed by atoms with Crippen molar-refractivity contribution in [2.45, 2.75) is 13.5 Å². The van der Waals surface area contributed by atoms with Crippen molar-refractivity contribution in [3.05, 3.63) is 90.0 Å². The highest BCUT2D eigenvalue weighted by molar-refractivity contribution is 5.94. The van der Waals surface area contributed by atoms with Crippen molar-refractivity contribution in [2.24, 2.45) is 0 Å². The van der Waals surface area contributed by atoms with Crippen LogP contribution in [0.3, 0.4) is 0 Å². The van der Waals surface area contributed by atoms with Crippen LogP contribution < -0.4 is 0 Å². The average molecular weight is 354 g/mol. The molecule has 3 aromatic carbocycles. The van der Waals surface area contributed by atoms with E-state index >= 15 is 0 Å². The summed E-state index contributed by atoms with van der Waals surface area (Å²) in [6.45, 7) is 2.17. The molecule has 0 saturated carbocycles. The van der Waals surface area contributed by atoms with E-state index < -0.39 is 0 Å². The third kappa shape index (κ3) is 3.53. The number of nitrogens with zero attached hydrogens (tertiary/aromatic N) is 4. The van der Waals surface area contributed by atoms with Gasteiger partial charge in [0.05, 0.1) is 6.54 Å². The first kappa shape index (κ1) is 16.8. The molecule has 4 rings (SSSR count). The van der Waals surface area contributed by atoms with E-state index in [1.165, 1.54) is 0 Å². The molecule has 0 atom stereocenters. The van der Waals surface area contributed by atoms with Crippen LogP contribution in [0.5, 0.6) is 0 Å². The topological polar surface area (TPSA) is 60.7 Å². The van der Waals surface area contributed by atoms with Crippen LogP contribution in [0.2, 0.25) is 0 Å². The Morgan fingerprint density at radius 3 is 2.22 bits per heavy atom. The second kappa shape index (κ2) is 7.33. The Labute approximate surface area is 157 Å². The molecule has 0 amide bonds. The Kier molecular flexibility index (Phi) is 4.58. The Balaban J connectivity index is 1.74. The first-order chi connectivity index (χ1) is 13.2. The van der Waals surface area contributed by atoms with Crippen molar-refractivity contribution in [3.8, 4) is 22.5 Å². The van der Waals surface area contributed by atoms with Gasteiger partial charge in [0.15, 0.2) is 11.6 Å². The molecule has 0 aliphatic carbocycles. The van der Waals surface area contributed by atoms with Gasteiger partial charge in [-0.2, -0.15) is 0 Å². The van der Waals surface area contributed by atoms with Gasteiger partial charge in [-0.15, -0.1) is 5.10 Å². The fraction of sp³-hybridized carbons (Fsp3) is 0.0909. The minimum absolute atomic E-state index is 0.0571. The summed E-state index contributed by atoms with van der Waals surface area (Å²) in [5.41, 5.74) is 4.83. The molecule has 5 nitrogen and oxygen atoms in total. The SMILES string of the molecule is CC(=O)c1ccc(-c2ccccc2-c2nnnn2Cc2ccccc2)cc1. The van der Waals surface area contributed by atoms with Gasteiger partial charge in [-0.05, 0) is 34.0 Å². The lowest BCUT2D eigenvalue weighted by Crippen LogP contribution is -2.05. The van der Waals surface area contributed by atoms with Crippen LogP contribution in [0.15, 0.2) is 78.9 Å². The second-order valence-electron chi connectivity index (χ2n) is 6.32. The summed E-state index contributed by atoms with van der Waals surface area (Å²) < 4.78 is 1.80. The molecule has 0 aliphatic rings. The van der Waals surface area contributed by atoms with Crippen LogP contribution in [-0.2, 0) is 6.54 Å². The van der Waals surface area contributed by atoms with Gasteiger partial charge < -0.3 is 0 Å². The quantitative estimate of drug-likeness (QED) is 0.503. The lowest BCUT2D eigenvalue weighted by molar-refractivity contribution is 0.101. The van der Waals surface area contributed by atoms with Crippen molar-refractivity contribution in [2.75, 3.05) is 0 Å². The summed E-state index contributed by atoms with van der Waals surface area (Å²) in [5, 5.41) is 12.3. The molecule has 1 aromatic heterocycles. The first-order valence-electron chi connectivity index (χ1n) is 8.73. The van der Waals surface area contributed by atoms with Crippen LogP contribution in [0.1, 0.15) is 22.8 Å². The van der Waals surface area contributed by atoms with Crippen LogP contribution in [0.4, 0.5) is 0 Å². The largest absolute Gasteiger partial charge is 0.295 e. The molecular formula is C22H18N4O. The van der Waals surface area contributed by atoms with E-state index in [9.17, 15) is 4.79 Å². The number of carbonyl (C=O) groups is 1. The van der Waals surface area contributed by atoms with E-state index in [2.05, 4.69) is 27.7 Å². The number of ketones is 1. The van der Waals surface area contributed by atoms with Gasteiger partial charge in [0, 0.05) is 11.1 Å². The van der Waals surface area contributed by atoms with E-state index in [0.717, 1.165) is 22.3 Å². The standard InChI is InChI=1S/C22H18N4O/c1-16(27)18-11-13-19(14-12-18)20-9-5-6-10-21(20)22-23-24-25-26(22)15-17-7-3-2-4-8-17/h2-14H,15H2,1H3. The highest BCUT2D eigenvalue weighted by atomic mass is 16.1. The average Bonchev–Trinajstić information content (AvgIpc) is 3.17. The molecule has 132 valence electrons. The molecule has 0 saturated heterocycles. The first-order valence-corrected chi connectivity index (χ1v) is 8.73. The van der Waals surface area contributed by atoms with E-state index in [1.54, 1.807) is 11.6 Å². The minimum atomic E-state index is 0.0571. The van der Waals surface area contributed by atoms with Gasteiger partial charge in [0.1, 0.15) is 0 Å². The van der Waals surface area contributed by atoms with E-state index in [0.29, 0.717) is 17.9 Å². The van der Waals surface area contributed by atoms with E-state index in [1.807, 2.05) is 66.7 Å². The third-order valence-corrected chi connectivity index (χ3v) is 4.48. The highest BCUT2D eigenvalue weighted by Gasteiger charge is 2.14. The van der Waals surface area contributed by atoms with Crippen molar-refractivity contribution in [1.29, 1.82) is 0 Å². The molecule has 1 heterocycles. The second-order valence-corrected chi connectivity index (χ2v) is 6.32. The zero-order valence-electron chi connectivity index (χ0n) is 14.9. The van der Waals surface area contributed by atoms with Gasteiger partial charge in [-0.3, -0.25) is 4.79 Å². The van der Waals surface area contributed by atoms with Gasteiger partial charge in [0.25, 0.3) is 0 Å². The van der Waals surface area contributed by atoms with Crippen molar-refractivity contribution in [1.82, 2.24) is 20.2 Å². The molecule has 0 radical (unpaired) electrons. The number of carbonyl (C=O) groups excluding carboxylic acids is 1. The Morgan fingerprint density at radius 2 is 1.52 bits per heavy atom. The van der Waals surface area contributed by atoms with Gasteiger partial charge in [-0.1, -0.05) is 78.9 Å². The van der Waals surface area contributed by atoms with Crippen molar-refractivity contribution in [3.63, 3.8) is 0 Å². The summed E-state index contributed by atoms with van der Waals surface area (Å²) in [5.74, 6) is 0.770. The molecule has 0 bridgehead atoms. The maximum atomic E-state index is 11.5. The predicted octanol–water partition coefficient (Wildman–Crippen LogP) is 4.26. The zero-order chi connectivity index (χ0) is 18.6. The molecular weight excluding hydrogens is 336 g/mol. The van der Waals surface area contributed by atoms with Crippen LogP contribution >= 0.6 is 0 Å². The summed E-state index contributed by atoms with van der Waals surface area (Å²) in [4.78, 5) is 11.5. The number of hydrogen-bond donors (Lipinski definition) is 0. The smallest absolute Gasteiger partial charge is 0.182 e. The maximum Gasteiger partial charge on any atom is 0.182 e. The van der Waals surface area contributed by atoms with Crippen molar-refractivity contribution < 1.29 is 4.79 Å². The monoisotopic (exact) mass is 354 g/mol. The third-order valence-electron chi connectivity index (χ3n) is 4.48. The number of Topliss-reactive ketones (excluding diaryl/α,β-unsaturated/α-hetero) is 1. The lowest BCUT2D eigenvalue weighted by Gasteiger charge is -2.10. The molecule has 27 heavy (non-hydrogen) atoms. The maximum absolute atomic E-state index is 11.5. The van der Waals surface area contributed by atoms with E-state index in [4.69, 9.17) is 0 Å². The molecule has 4 aromatic rings. The molecule has 5 heteroatoms. The van der Waals surface area contributed by atoms with Crippen molar-refractivity contribution >= 4 is 5.78 Å². The summed E-state index contributed by atoms with van der Waals surface area (Å²) >= 11 is 0. The zero-order valence-corrected chi connectivity index (χ0v) is 14.9. The summed E-state index contributed by atoms with van der Waals surface area (Å²) in [6.07, 6.45) is 0. The number of hydrogen-bond acceptors (Lipinski definition) is 4. The number of benzene rings is 3. The van der Waals surface area contributed by atoms with Gasteiger partial charge in [0.2, 0.25) is 0 Å². The normalized spacial score (nSPS) is 10.7. The van der Waals surface area contributed by atoms with Crippen LogP contribution in [0, 0.1) is 0 Å². The summed E-state index contributed by atoms with van der Waals surface area (Å²) in [6, 6.07) is 25.7.